The minimum Gasteiger partial charge on any atom is -0.264 e. The van der Waals surface area contributed by atoms with Gasteiger partial charge in [-0.05, 0) is 29.4 Å². The Morgan fingerprint density at radius 2 is 1.85 bits per heavy atom. The molecule has 0 spiro atoms. The van der Waals surface area contributed by atoms with Crippen molar-refractivity contribution in [1.29, 1.82) is 0 Å². The summed E-state index contributed by atoms with van der Waals surface area (Å²) in [7, 11) is 0. The molecule has 1 heterocycles. The van der Waals surface area contributed by atoms with Crippen LogP contribution in [0.1, 0.15) is 44.7 Å². The van der Waals surface area contributed by atoms with Gasteiger partial charge in [0.2, 0.25) is 0 Å². The lowest BCUT2D eigenvalue weighted by atomic mass is 9.78. The summed E-state index contributed by atoms with van der Waals surface area (Å²) in [6, 6.07) is 2.23. The van der Waals surface area contributed by atoms with Crippen molar-refractivity contribution in [3.63, 3.8) is 0 Å². The van der Waals surface area contributed by atoms with E-state index in [0.29, 0.717) is 11.3 Å². The molecule has 1 unspecified atom stereocenters. The van der Waals surface area contributed by atoms with Crippen molar-refractivity contribution >= 4 is 0 Å². The minimum absolute atomic E-state index is 0.315. The standard InChI is InChI=1S/C12H19N/c1-9-6-11(8-13-7-9)10(2)12(3,4)5/h6-8,10H,1-5H3. The van der Waals surface area contributed by atoms with E-state index in [0.717, 1.165) is 0 Å². The van der Waals surface area contributed by atoms with E-state index in [1.165, 1.54) is 11.1 Å². The monoisotopic (exact) mass is 177 g/mol. The van der Waals surface area contributed by atoms with Crippen LogP contribution in [0.15, 0.2) is 18.5 Å². The van der Waals surface area contributed by atoms with Gasteiger partial charge < -0.3 is 0 Å². The molecule has 72 valence electrons. The number of aryl methyl sites for hydroxylation is 1. The third-order valence-corrected chi connectivity index (χ3v) is 2.70. The Hall–Kier alpha value is -0.850. The van der Waals surface area contributed by atoms with Gasteiger partial charge in [-0.1, -0.05) is 33.8 Å². The van der Waals surface area contributed by atoms with Crippen LogP contribution in [0.4, 0.5) is 0 Å². The average molecular weight is 177 g/mol. The Bertz CT molecular complexity index is 283. The molecule has 0 aliphatic rings. The first-order valence-corrected chi connectivity index (χ1v) is 4.83. The molecule has 1 rings (SSSR count). The van der Waals surface area contributed by atoms with Gasteiger partial charge in [0.1, 0.15) is 0 Å². The first kappa shape index (κ1) is 10.2. The largest absolute Gasteiger partial charge is 0.264 e. The smallest absolute Gasteiger partial charge is 0.0302 e. The Morgan fingerprint density at radius 3 is 2.31 bits per heavy atom. The second kappa shape index (κ2) is 3.49. The molecule has 0 aliphatic carbocycles. The fourth-order valence-electron chi connectivity index (χ4n) is 1.32. The van der Waals surface area contributed by atoms with Crippen molar-refractivity contribution in [3.8, 4) is 0 Å². The average Bonchev–Trinajstić information content (AvgIpc) is 2.01. The van der Waals surface area contributed by atoms with Crippen molar-refractivity contribution in [2.24, 2.45) is 5.41 Å². The quantitative estimate of drug-likeness (QED) is 0.639. The lowest BCUT2D eigenvalue weighted by Gasteiger charge is -2.27. The van der Waals surface area contributed by atoms with Crippen LogP contribution in [0.25, 0.3) is 0 Å². The molecule has 0 bridgehead atoms. The molecular weight excluding hydrogens is 158 g/mol. The lowest BCUT2D eigenvalue weighted by Crippen LogP contribution is -2.15. The Labute approximate surface area is 81.2 Å². The van der Waals surface area contributed by atoms with Gasteiger partial charge in [0.15, 0.2) is 0 Å². The number of pyridine rings is 1. The maximum Gasteiger partial charge on any atom is 0.0302 e. The molecule has 1 nitrogen and oxygen atoms in total. The molecule has 1 aromatic rings. The number of rotatable bonds is 1. The molecule has 1 heteroatoms. The van der Waals surface area contributed by atoms with Gasteiger partial charge in [-0.15, -0.1) is 0 Å². The van der Waals surface area contributed by atoms with Crippen LogP contribution in [0, 0.1) is 12.3 Å². The molecule has 0 fully saturated rings. The SMILES string of the molecule is Cc1cncc(C(C)C(C)(C)C)c1. The topological polar surface area (TPSA) is 12.9 Å². The zero-order valence-electron chi connectivity index (χ0n) is 9.26. The van der Waals surface area contributed by atoms with E-state index in [4.69, 9.17) is 0 Å². The van der Waals surface area contributed by atoms with Crippen molar-refractivity contribution in [2.75, 3.05) is 0 Å². The number of aromatic nitrogens is 1. The zero-order valence-corrected chi connectivity index (χ0v) is 9.26. The third kappa shape index (κ3) is 2.55. The molecule has 0 radical (unpaired) electrons. The second-order valence-corrected chi connectivity index (χ2v) is 4.88. The molecular formula is C12H19N. The molecule has 0 amide bonds. The van der Waals surface area contributed by atoms with Gasteiger partial charge >= 0.3 is 0 Å². The molecule has 1 aromatic heterocycles. The van der Waals surface area contributed by atoms with Crippen molar-refractivity contribution in [1.82, 2.24) is 4.98 Å². The second-order valence-electron chi connectivity index (χ2n) is 4.88. The summed E-state index contributed by atoms with van der Waals surface area (Å²) in [5, 5.41) is 0. The van der Waals surface area contributed by atoms with Crippen LogP contribution in [-0.2, 0) is 0 Å². The molecule has 13 heavy (non-hydrogen) atoms. The highest BCUT2D eigenvalue weighted by Crippen LogP contribution is 2.33. The number of hydrogen-bond donors (Lipinski definition) is 0. The summed E-state index contributed by atoms with van der Waals surface area (Å²) in [6.07, 6.45) is 3.88. The molecule has 0 aliphatic heterocycles. The molecule has 0 aromatic carbocycles. The predicted molar refractivity (Wildman–Crippen MR) is 56.8 cm³/mol. The Morgan fingerprint density at radius 1 is 1.23 bits per heavy atom. The Kier molecular flexibility index (Phi) is 2.74. The van der Waals surface area contributed by atoms with Crippen molar-refractivity contribution in [3.05, 3.63) is 29.6 Å². The van der Waals surface area contributed by atoms with Gasteiger partial charge in [0.25, 0.3) is 0 Å². The highest BCUT2D eigenvalue weighted by molar-refractivity contribution is 5.21. The fourth-order valence-corrected chi connectivity index (χ4v) is 1.32. The molecule has 0 saturated carbocycles. The van der Waals surface area contributed by atoms with E-state index < -0.39 is 0 Å². The lowest BCUT2D eigenvalue weighted by molar-refractivity contribution is 0.339. The van der Waals surface area contributed by atoms with Crippen molar-refractivity contribution < 1.29 is 0 Å². The number of hydrogen-bond acceptors (Lipinski definition) is 1. The molecule has 1 atom stereocenters. The highest BCUT2D eigenvalue weighted by Gasteiger charge is 2.21. The normalized spacial score (nSPS) is 14.2. The summed E-state index contributed by atoms with van der Waals surface area (Å²) in [5.74, 6) is 0.555. The summed E-state index contributed by atoms with van der Waals surface area (Å²) in [5.41, 5.74) is 2.90. The molecule has 0 N–H and O–H groups in total. The first-order chi connectivity index (χ1) is 5.91. The number of nitrogens with zero attached hydrogens (tertiary/aromatic N) is 1. The summed E-state index contributed by atoms with van der Waals surface area (Å²) in [6.45, 7) is 11.1. The minimum atomic E-state index is 0.315. The van der Waals surface area contributed by atoms with Crippen molar-refractivity contribution in [2.45, 2.75) is 40.5 Å². The van der Waals surface area contributed by atoms with Gasteiger partial charge in [-0.2, -0.15) is 0 Å². The van der Waals surface area contributed by atoms with E-state index in [-0.39, 0.29) is 0 Å². The molecule has 0 saturated heterocycles. The third-order valence-electron chi connectivity index (χ3n) is 2.70. The maximum absolute atomic E-state index is 4.22. The predicted octanol–water partition coefficient (Wildman–Crippen LogP) is 3.54. The van der Waals surface area contributed by atoms with E-state index in [2.05, 4.69) is 45.7 Å². The van der Waals surface area contributed by atoms with Crippen LogP contribution >= 0.6 is 0 Å². The van der Waals surface area contributed by atoms with Gasteiger partial charge in [0, 0.05) is 12.4 Å². The fraction of sp³-hybridized carbons (Fsp3) is 0.583. The van der Waals surface area contributed by atoms with E-state index in [1.54, 1.807) is 0 Å². The van der Waals surface area contributed by atoms with Crippen LogP contribution in [0.3, 0.4) is 0 Å². The van der Waals surface area contributed by atoms with E-state index >= 15 is 0 Å². The maximum atomic E-state index is 4.22. The van der Waals surface area contributed by atoms with Gasteiger partial charge in [0.05, 0.1) is 0 Å². The summed E-state index contributed by atoms with van der Waals surface area (Å²) >= 11 is 0. The zero-order chi connectivity index (χ0) is 10.1. The van der Waals surface area contributed by atoms with Crippen LogP contribution in [-0.4, -0.2) is 4.98 Å². The van der Waals surface area contributed by atoms with Gasteiger partial charge in [-0.25, -0.2) is 0 Å². The van der Waals surface area contributed by atoms with Gasteiger partial charge in [-0.3, -0.25) is 4.98 Å². The van der Waals surface area contributed by atoms with Crippen LogP contribution in [0.5, 0.6) is 0 Å². The van der Waals surface area contributed by atoms with Crippen LogP contribution in [0.2, 0.25) is 0 Å². The Balaban J connectivity index is 2.96. The summed E-state index contributed by atoms with van der Waals surface area (Å²) in [4.78, 5) is 4.22. The highest BCUT2D eigenvalue weighted by atomic mass is 14.6. The first-order valence-electron chi connectivity index (χ1n) is 4.83. The van der Waals surface area contributed by atoms with Crippen LogP contribution < -0.4 is 0 Å². The van der Waals surface area contributed by atoms with E-state index in [9.17, 15) is 0 Å². The van der Waals surface area contributed by atoms with E-state index in [1.807, 2.05) is 12.4 Å². The summed E-state index contributed by atoms with van der Waals surface area (Å²) < 4.78 is 0.